The first kappa shape index (κ1) is 21.2. The summed E-state index contributed by atoms with van der Waals surface area (Å²) >= 11 is 10.6. The van der Waals surface area contributed by atoms with Crippen LogP contribution < -0.4 is 14.8 Å². The number of benzene rings is 2. The van der Waals surface area contributed by atoms with Crippen LogP contribution in [0, 0.1) is 18.3 Å². The lowest BCUT2D eigenvalue weighted by atomic mass is 10.2. The zero-order chi connectivity index (χ0) is 21.0. The summed E-state index contributed by atoms with van der Waals surface area (Å²) in [4.78, 5) is 17.4. The summed E-state index contributed by atoms with van der Waals surface area (Å²) < 4.78 is 11.4. The Bertz CT molecular complexity index is 1080. The van der Waals surface area contributed by atoms with Gasteiger partial charge in [-0.25, -0.2) is 4.99 Å². The second kappa shape index (κ2) is 9.35. The molecule has 0 bridgehead atoms. The van der Waals surface area contributed by atoms with Crippen molar-refractivity contribution in [2.45, 2.75) is 6.92 Å². The van der Waals surface area contributed by atoms with Gasteiger partial charge in [0.05, 0.1) is 22.2 Å². The summed E-state index contributed by atoms with van der Waals surface area (Å²) in [5.74, 6) is 0.649. The lowest BCUT2D eigenvalue weighted by molar-refractivity contribution is -0.115. The van der Waals surface area contributed by atoms with Crippen molar-refractivity contribution in [1.82, 2.24) is 5.32 Å². The predicted molar refractivity (Wildman–Crippen MR) is 119 cm³/mol. The number of carbonyl (C=O) groups excluding carboxylic acids is 1. The van der Waals surface area contributed by atoms with Crippen molar-refractivity contribution in [2.24, 2.45) is 4.99 Å². The summed E-state index contributed by atoms with van der Waals surface area (Å²) in [5.41, 5.74) is 2.39. The van der Waals surface area contributed by atoms with Crippen molar-refractivity contribution in [2.75, 3.05) is 13.7 Å². The summed E-state index contributed by atoms with van der Waals surface area (Å²) in [5, 5.41) is 12.6. The molecule has 0 saturated carbocycles. The van der Waals surface area contributed by atoms with Crippen LogP contribution in [0.1, 0.15) is 11.1 Å². The van der Waals surface area contributed by atoms with E-state index in [-0.39, 0.29) is 12.5 Å². The third kappa shape index (κ3) is 5.12. The zero-order valence-electron chi connectivity index (χ0n) is 15.5. The van der Waals surface area contributed by atoms with E-state index in [0.29, 0.717) is 31.1 Å². The Kier molecular flexibility index (Phi) is 6.85. The van der Waals surface area contributed by atoms with Gasteiger partial charge >= 0.3 is 0 Å². The average Bonchev–Trinajstić information content (AvgIpc) is 3.01. The normalized spacial score (nSPS) is 16.0. The van der Waals surface area contributed by atoms with Gasteiger partial charge in [0.1, 0.15) is 6.07 Å². The number of ether oxygens (including phenoxy) is 2. The van der Waals surface area contributed by atoms with Gasteiger partial charge in [0.2, 0.25) is 0 Å². The number of methoxy groups -OCH3 is 1. The smallest absolute Gasteiger partial charge is 0.264 e. The molecule has 0 aromatic heterocycles. The van der Waals surface area contributed by atoms with E-state index < -0.39 is 0 Å². The molecule has 3 rings (SSSR count). The van der Waals surface area contributed by atoms with Crippen molar-refractivity contribution in [3.63, 3.8) is 0 Å². The highest BCUT2D eigenvalue weighted by atomic mass is 79.9. The summed E-state index contributed by atoms with van der Waals surface area (Å²) in [7, 11) is 1.51. The number of halogens is 2. The highest BCUT2D eigenvalue weighted by molar-refractivity contribution is 9.10. The molecule has 1 aliphatic rings. The quantitative estimate of drug-likeness (QED) is 0.579. The molecule has 0 radical (unpaired) electrons. The van der Waals surface area contributed by atoms with Crippen molar-refractivity contribution in [3.05, 3.63) is 55.9 Å². The molecule has 1 aliphatic heterocycles. The van der Waals surface area contributed by atoms with Crippen LogP contribution >= 0.6 is 39.3 Å². The third-order valence-corrected chi connectivity index (χ3v) is 5.60. The number of hydrogen-bond acceptors (Lipinski definition) is 6. The Hall–Kier alpha value is -2.47. The van der Waals surface area contributed by atoms with Crippen molar-refractivity contribution in [1.29, 1.82) is 5.26 Å². The monoisotopic (exact) mass is 491 g/mol. The molecule has 29 heavy (non-hydrogen) atoms. The molecule has 1 fully saturated rings. The van der Waals surface area contributed by atoms with Gasteiger partial charge in [0, 0.05) is 5.02 Å². The summed E-state index contributed by atoms with van der Waals surface area (Å²) in [6.07, 6.45) is 1.73. The fraction of sp³-hybridized carbons (Fsp3) is 0.150. The van der Waals surface area contributed by atoms with E-state index in [1.54, 1.807) is 30.3 Å². The molecule has 1 amide bonds. The molecule has 1 saturated heterocycles. The molecular weight excluding hydrogens is 478 g/mol. The molecule has 9 heteroatoms. The molecule has 0 unspecified atom stereocenters. The maximum absolute atomic E-state index is 12.4. The molecule has 0 aliphatic carbocycles. The number of thioether (sulfide) groups is 1. The second-order valence-electron chi connectivity index (χ2n) is 5.89. The van der Waals surface area contributed by atoms with Crippen molar-refractivity contribution >= 4 is 62.1 Å². The van der Waals surface area contributed by atoms with E-state index >= 15 is 0 Å². The minimum atomic E-state index is -0.236. The van der Waals surface area contributed by atoms with Crippen LogP contribution in [0.5, 0.6) is 11.5 Å². The Labute approximate surface area is 185 Å². The van der Waals surface area contributed by atoms with E-state index in [2.05, 4.69) is 26.2 Å². The molecule has 2 aromatic rings. The first-order valence-electron chi connectivity index (χ1n) is 8.34. The Morgan fingerprint density at radius 3 is 2.86 bits per heavy atom. The zero-order valence-corrected chi connectivity index (χ0v) is 18.6. The average molecular weight is 493 g/mol. The fourth-order valence-corrected chi connectivity index (χ4v) is 4.19. The molecule has 1 N–H and O–H groups in total. The van der Waals surface area contributed by atoms with Crippen LogP contribution in [0.15, 0.2) is 44.7 Å². The van der Waals surface area contributed by atoms with Gasteiger partial charge in [-0.1, -0.05) is 11.6 Å². The number of rotatable bonds is 5. The number of aliphatic imine (C=N–C) groups is 1. The molecule has 0 spiro atoms. The lowest BCUT2D eigenvalue weighted by Gasteiger charge is -2.11. The van der Waals surface area contributed by atoms with Crippen molar-refractivity contribution in [3.8, 4) is 17.6 Å². The number of nitrogens with zero attached hydrogens (tertiary/aromatic N) is 2. The van der Waals surface area contributed by atoms with E-state index in [9.17, 15) is 4.79 Å². The molecule has 1 heterocycles. The minimum Gasteiger partial charge on any atom is -0.493 e. The first-order chi connectivity index (χ1) is 13.9. The van der Waals surface area contributed by atoms with E-state index in [1.807, 2.05) is 19.1 Å². The predicted octanol–water partition coefficient (Wildman–Crippen LogP) is 5.21. The summed E-state index contributed by atoms with van der Waals surface area (Å²) in [6.45, 7) is 1.81. The fourth-order valence-electron chi connectivity index (χ4n) is 2.55. The maximum atomic E-state index is 12.4. The molecule has 2 aromatic carbocycles. The van der Waals surface area contributed by atoms with E-state index in [1.165, 1.54) is 18.9 Å². The first-order valence-corrected chi connectivity index (χ1v) is 10.3. The van der Waals surface area contributed by atoms with Gasteiger partial charge in [-0.15, -0.1) is 0 Å². The van der Waals surface area contributed by atoms with Gasteiger partial charge < -0.3 is 14.8 Å². The summed E-state index contributed by atoms with van der Waals surface area (Å²) in [6, 6.07) is 10.8. The lowest BCUT2D eigenvalue weighted by Crippen LogP contribution is -2.19. The van der Waals surface area contributed by atoms with E-state index in [0.717, 1.165) is 16.8 Å². The largest absolute Gasteiger partial charge is 0.493 e. The number of carbonyl (C=O) groups is 1. The number of aryl methyl sites for hydroxylation is 1. The molecule has 148 valence electrons. The highest BCUT2D eigenvalue weighted by Crippen LogP contribution is 2.38. The van der Waals surface area contributed by atoms with E-state index in [4.69, 9.17) is 26.3 Å². The third-order valence-electron chi connectivity index (χ3n) is 3.86. The maximum Gasteiger partial charge on any atom is 0.264 e. The van der Waals surface area contributed by atoms with Gasteiger partial charge in [-0.2, -0.15) is 5.26 Å². The number of nitriles is 1. The van der Waals surface area contributed by atoms with Gasteiger partial charge in [-0.05, 0) is 82.2 Å². The van der Waals surface area contributed by atoms with Crippen molar-refractivity contribution < 1.29 is 14.3 Å². The number of nitrogens with one attached hydrogen (secondary N) is 1. The van der Waals surface area contributed by atoms with Gasteiger partial charge in [0.25, 0.3) is 5.91 Å². The number of amidine groups is 1. The topological polar surface area (TPSA) is 83.7 Å². The van der Waals surface area contributed by atoms with Crippen LogP contribution in [-0.2, 0) is 4.79 Å². The molecular formula is C20H15BrClN3O3S. The highest BCUT2D eigenvalue weighted by Gasteiger charge is 2.24. The Morgan fingerprint density at radius 2 is 2.17 bits per heavy atom. The van der Waals surface area contributed by atoms with Crippen LogP contribution in [0.25, 0.3) is 6.08 Å². The number of amides is 1. The Balaban J connectivity index is 1.87. The van der Waals surface area contributed by atoms with Crippen LogP contribution in [-0.4, -0.2) is 24.8 Å². The van der Waals surface area contributed by atoms with Crippen LogP contribution in [0.4, 0.5) is 5.69 Å². The minimum absolute atomic E-state index is 0.0996. The Morgan fingerprint density at radius 1 is 1.38 bits per heavy atom. The standard InChI is InChI=1S/C20H15BrClN3O3S/c1-11-7-13(22)3-4-15(11)24-20-25-19(26)17(29-20)10-12-8-14(21)18(28-6-5-23)16(9-12)27-2/h3-4,7-10H,6H2,1-2H3,(H,24,25,26)/b17-10-. The van der Waals surface area contributed by atoms with Crippen LogP contribution in [0.2, 0.25) is 5.02 Å². The molecule has 0 atom stereocenters. The van der Waals surface area contributed by atoms with Gasteiger partial charge in [0.15, 0.2) is 23.3 Å². The second-order valence-corrected chi connectivity index (χ2v) is 8.21. The number of hydrogen-bond donors (Lipinski definition) is 1. The molecule has 6 nitrogen and oxygen atoms in total. The SMILES string of the molecule is COc1cc(/C=C2\SC(=Nc3ccc(Cl)cc3C)NC2=O)cc(Br)c1OCC#N. The van der Waals surface area contributed by atoms with Crippen LogP contribution in [0.3, 0.4) is 0 Å². The van der Waals surface area contributed by atoms with Gasteiger partial charge in [-0.3, -0.25) is 4.79 Å².